The Morgan fingerprint density at radius 1 is 1.30 bits per heavy atom. The van der Waals surface area contributed by atoms with Crippen LogP contribution in [0.15, 0.2) is 22.0 Å². The van der Waals surface area contributed by atoms with E-state index in [-0.39, 0.29) is 12.3 Å². The second-order valence-electron chi connectivity index (χ2n) is 3.09. The number of aromatic nitrogens is 4. The maximum atomic E-state index is 10.6. The first-order chi connectivity index (χ1) is 9.52. The Labute approximate surface area is 111 Å². The van der Waals surface area contributed by atoms with Gasteiger partial charge < -0.3 is 26.2 Å². The third-order valence-electron chi connectivity index (χ3n) is 1.74. The van der Waals surface area contributed by atoms with Crippen molar-refractivity contribution in [1.29, 1.82) is 0 Å². The van der Waals surface area contributed by atoms with Gasteiger partial charge in [0.1, 0.15) is 19.2 Å². The van der Waals surface area contributed by atoms with Crippen LogP contribution >= 0.6 is 0 Å². The standard InChI is InChI=1S/C5H6N2O4.C3H6N4.CH2O/c8-4-1-3(2-11-10)6-5(9)7-4;4-2-3(5)7-1-6-2;1-2/h1,10H,2H2,(H2,6,7,8,9);1H,4-5H2,(H,6,7);1H2. The van der Waals surface area contributed by atoms with Crippen molar-refractivity contribution in [1.82, 2.24) is 19.9 Å². The van der Waals surface area contributed by atoms with Gasteiger partial charge in [0, 0.05) is 6.07 Å². The Morgan fingerprint density at radius 2 is 1.95 bits per heavy atom. The molecule has 0 radical (unpaired) electrons. The van der Waals surface area contributed by atoms with E-state index in [0.717, 1.165) is 6.07 Å². The molecule has 0 aliphatic rings. The van der Waals surface area contributed by atoms with Crippen LogP contribution in [0.25, 0.3) is 0 Å². The van der Waals surface area contributed by atoms with Crippen LogP contribution in [0.4, 0.5) is 11.6 Å². The molecule has 0 bridgehead atoms. The van der Waals surface area contributed by atoms with Crippen molar-refractivity contribution in [3.8, 4) is 0 Å². The SMILES string of the molecule is C=O.Nc1nc[nH]c1N.O=c1cc(COO)[nH]c(=O)[nH]1. The molecule has 0 aliphatic carbocycles. The number of H-pyrrole nitrogens is 3. The van der Waals surface area contributed by atoms with Crippen LogP contribution in [0.5, 0.6) is 0 Å². The number of hydrogen-bond donors (Lipinski definition) is 6. The molecule has 8 N–H and O–H groups in total. The molecule has 0 unspecified atom stereocenters. The maximum Gasteiger partial charge on any atom is 0.325 e. The van der Waals surface area contributed by atoms with Crippen molar-refractivity contribution < 1.29 is 14.9 Å². The minimum absolute atomic E-state index is 0.209. The lowest BCUT2D eigenvalue weighted by atomic mass is 10.4. The van der Waals surface area contributed by atoms with E-state index in [2.05, 4.69) is 19.8 Å². The summed E-state index contributed by atoms with van der Waals surface area (Å²) < 4.78 is 0. The first kappa shape index (κ1) is 17.1. The number of nitrogen functional groups attached to an aromatic ring is 2. The number of carbonyl (C=O) groups is 1. The number of anilines is 2. The highest BCUT2D eigenvalue weighted by Crippen LogP contribution is 2.02. The van der Waals surface area contributed by atoms with Gasteiger partial charge in [-0.15, -0.1) is 0 Å². The second-order valence-corrected chi connectivity index (χ2v) is 3.09. The number of hydrogen-bond acceptors (Lipinski definition) is 8. The lowest BCUT2D eigenvalue weighted by molar-refractivity contribution is -0.253. The van der Waals surface area contributed by atoms with E-state index in [4.69, 9.17) is 21.5 Å². The monoisotopic (exact) mass is 286 g/mol. The minimum Gasteiger partial charge on any atom is -0.382 e. The number of aromatic amines is 3. The number of carbonyl (C=O) groups excluding carboxylic acids is 1. The fourth-order valence-electron chi connectivity index (χ4n) is 0.982. The van der Waals surface area contributed by atoms with Gasteiger partial charge in [-0.25, -0.2) is 14.7 Å². The van der Waals surface area contributed by atoms with Crippen molar-refractivity contribution in [2.45, 2.75) is 6.61 Å². The summed E-state index contributed by atoms with van der Waals surface area (Å²) in [4.78, 5) is 43.3. The molecule has 0 saturated heterocycles. The summed E-state index contributed by atoms with van der Waals surface area (Å²) in [5.74, 6) is 0.792. The second kappa shape index (κ2) is 9.07. The highest BCUT2D eigenvalue weighted by Gasteiger charge is 1.94. The Morgan fingerprint density at radius 3 is 2.30 bits per heavy atom. The first-order valence-electron chi connectivity index (χ1n) is 4.95. The van der Waals surface area contributed by atoms with Gasteiger partial charge in [-0.1, -0.05) is 0 Å². The summed E-state index contributed by atoms with van der Waals surface area (Å²) in [6.45, 7) is 1.79. The summed E-state index contributed by atoms with van der Waals surface area (Å²) in [6, 6.07) is 1.12. The number of nitrogens with zero attached hydrogens (tertiary/aromatic N) is 1. The summed E-state index contributed by atoms with van der Waals surface area (Å²) in [6.07, 6.45) is 1.45. The van der Waals surface area contributed by atoms with Crippen LogP contribution < -0.4 is 22.7 Å². The van der Waals surface area contributed by atoms with Crippen LogP contribution in [0.1, 0.15) is 5.69 Å². The quantitative estimate of drug-likeness (QED) is 0.281. The van der Waals surface area contributed by atoms with Gasteiger partial charge in [0.25, 0.3) is 5.56 Å². The molecule has 0 spiro atoms. The van der Waals surface area contributed by atoms with E-state index in [0.29, 0.717) is 11.6 Å². The molecular formula is C9H14N6O5. The van der Waals surface area contributed by atoms with Gasteiger partial charge in [0.15, 0.2) is 5.82 Å². The third-order valence-corrected chi connectivity index (χ3v) is 1.74. The lowest BCUT2D eigenvalue weighted by Crippen LogP contribution is -2.23. The van der Waals surface area contributed by atoms with Crippen LogP contribution in [0.3, 0.4) is 0 Å². The average molecular weight is 286 g/mol. The van der Waals surface area contributed by atoms with Gasteiger partial charge in [-0.05, 0) is 0 Å². The van der Waals surface area contributed by atoms with Crippen molar-refractivity contribution in [2.24, 2.45) is 0 Å². The normalized spacial score (nSPS) is 8.85. The van der Waals surface area contributed by atoms with E-state index in [1.165, 1.54) is 6.33 Å². The minimum atomic E-state index is -0.621. The third kappa shape index (κ3) is 6.13. The summed E-state index contributed by atoms with van der Waals surface area (Å²) >= 11 is 0. The largest absolute Gasteiger partial charge is 0.382 e. The van der Waals surface area contributed by atoms with E-state index in [9.17, 15) is 9.59 Å². The maximum absolute atomic E-state index is 10.6. The Bertz CT molecular complexity index is 573. The molecule has 0 aliphatic heterocycles. The predicted molar refractivity (Wildman–Crippen MR) is 69.6 cm³/mol. The smallest absolute Gasteiger partial charge is 0.325 e. The molecule has 0 aromatic carbocycles. The van der Waals surface area contributed by atoms with Gasteiger partial charge in [-0.3, -0.25) is 15.0 Å². The molecule has 11 heteroatoms. The van der Waals surface area contributed by atoms with Crippen LogP contribution in [-0.4, -0.2) is 32.0 Å². The van der Waals surface area contributed by atoms with E-state index >= 15 is 0 Å². The zero-order valence-electron chi connectivity index (χ0n) is 10.3. The van der Waals surface area contributed by atoms with Crippen LogP contribution in [0.2, 0.25) is 0 Å². The highest BCUT2D eigenvalue weighted by molar-refractivity contribution is 5.51. The molecule has 2 heterocycles. The van der Waals surface area contributed by atoms with Gasteiger partial charge in [0.05, 0.1) is 12.0 Å². The summed E-state index contributed by atoms with van der Waals surface area (Å²) in [5.41, 5.74) is 9.44. The molecule has 2 aromatic heterocycles. The van der Waals surface area contributed by atoms with E-state index in [1.807, 2.05) is 11.8 Å². The number of rotatable bonds is 2. The number of nitrogens with two attached hydrogens (primary N) is 2. The number of imidazole rings is 1. The molecule has 2 rings (SSSR count). The Kier molecular flexibility index (Phi) is 7.74. The van der Waals surface area contributed by atoms with Gasteiger partial charge >= 0.3 is 5.69 Å². The molecule has 0 fully saturated rings. The Balaban J connectivity index is 0.000000345. The average Bonchev–Trinajstić information content (AvgIpc) is 2.76. The summed E-state index contributed by atoms with van der Waals surface area (Å²) in [7, 11) is 0. The molecule has 110 valence electrons. The highest BCUT2D eigenvalue weighted by atomic mass is 17.1. The fourth-order valence-corrected chi connectivity index (χ4v) is 0.982. The molecule has 0 amide bonds. The van der Waals surface area contributed by atoms with Gasteiger partial charge in [0.2, 0.25) is 0 Å². The Hall–Kier alpha value is -2.92. The zero-order valence-corrected chi connectivity index (χ0v) is 10.3. The fraction of sp³-hybridized carbons (Fsp3) is 0.111. The van der Waals surface area contributed by atoms with Crippen molar-refractivity contribution in [2.75, 3.05) is 11.5 Å². The van der Waals surface area contributed by atoms with Crippen molar-refractivity contribution in [3.05, 3.63) is 38.9 Å². The lowest BCUT2D eigenvalue weighted by Gasteiger charge is -1.93. The number of nitrogens with one attached hydrogen (secondary N) is 3. The van der Waals surface area contributed by atoms with Crippen LogP contribution in [0, 0.1) is 0 Å². The van der Waals surface area contributed by atoms with Crippen molar-refractivity contribution in [3.63, 3.8) is 0 Å². The molecule has 11 nitrogen and oxygen atoms in total. The van der Waals surface area contributed by atoms with Gasteiger partial charge in [-0.2, -0.15) is 0 Å². The zero-order chi connectivity index (χ0) is 15.5. The predicted octanol–water partition coefficient (Wildman–Crippen LogP) is -1.56. The molecule has 2 aromatic rings. The summed E-state index contributed by atoms with van der Waals surface area (Å²) in [5, 5.41) is 7.97. The molecular weight excluding hydrogens is 272 g/mol. The first-order valence-corrected chi connectivity index (χ1v) is 4.95. The topological polar surface area (TPSA) is 193 Å². The molecule has 0 atom stereocenters. The van der Waals surface area contributed by atoms with Crippen molar-refractivity contribution >= 4 is 18.4 Å². The van der Waals surface area contributed by atoms with Crippen LogP contribution in [-0.2, 0) is 16.3 Å². The van der Waals surface area contributed by atoms with E-state index in [1.54, 1.807) is 0 Å². The molecule has 20 heavy (non-hydrogen) atoms. The molecule has 0 saturated carbocycles. The van der Waals surface area contributed by atoms with E-state index < -0.39 is 11.2 Å².